The van der Waals surface area contributed by atoms with Gasteiger partial charge < -0.3 is 20.3 Å². The number of aliphatic hydroxyl groups is 1. The smallest absolute Gasteiger partial charge is 0.254 e. The van der Waals surface area contributed by atoms with Crippen LogP contribution in [0.1, 0.15) is 99.0 Å². The van der Waals surface area contributed by atoms with Crippen molar-refractivity contribution in [3.05, 3.63) is 53.6 Å². The molecule has 3 fully saturated rings. The zero-order valence-electron chi connectivity index (χ0n) is 24.6. The first-order valence-electron chi connectivity index (χ1n) is 16.0. The van der Waals surface area contributed by atoms with Gasteiger partial charge in [0.05, 0.1) is 11.7 Å². The van der Waals surface area contributed by atoms with Gasteiger partial charge in [-0.2, -0.15) is 0 Å². The summed E-state index contributed by atoms with van der Waals surface area (Å²) in [5, 5.41) is 12.7. The molecule has 0 aromatic heterocycles. The largest absolute Gasteiger partial charge is 0.380 e. The topological polar surface area (TPSA) is 76.1 Å². The number of rotatable bonds is 4. The third kappa shape index (κ3) is 5.89. The van der Waals surface area contributed by atoms with Crippen LogP contribution in [0.3, 0.4) is 0 Å². The Bertz CT molecular complexity index is 1220. The van der Waals surface area contributed by atoms with E-state index in [1.807, 2.05) is 29.2 Å². The second-order valence-corrected chi connectivity index (χ2v) is 12.8. The summed E-state index contributed by atoms with van der Waals surface area (Å²) in [7, 11) is 2.19. The van der Waals surface area contributed by atoms with Crippen molar-refractivity contribution in [2.45, 2.75) is 88.7 Å². The SMILES string of the molecule is CN1Nc2cc(-c3ccc(C(=O)N4CCN(C(=O)C5(O)CCC5)CC4)cc3)ccc2C1C1CCCCCCCCC1. The predicted octanol–water partition coefficient (Wildman–Crippen LogP) is 6.01. The Morgan fingerprint density at radius 1 is 0.780 bits per heavy atom. The summed E-state index contributed by atoms with van der Waals surface area (Å²) in [6, 6.07) is 15.1. The van der Waals surface area contributed by atoms with Crippen LogP contribution in [0.5, 0.6) is 0 Å². The van der Waals surface area contributed by atoms with Crippen LogP contribution in [-0.4, -0.2) is 70.6 Å². The highest BCUT2D eigenvalue weighted by Crippen LogP contribution is 2.44. The van der Waals surface area contributed by atoms with E-state index in [1.165, 1.54) is 69.0 Å². The molecule has 2 heterocycles. The molecule has 7 nitrogen and oxygen atoms in total. The lowest BCUT2D eigenvalue weighted by Crippen LogP contribution is -2.58. The Balaban J connectivity index is 1.09. The lowest BCUT2D eigenvalue weighted by molar-refractivity contribution is -0.161. The highest BCUT2D eigenvalue weighted by molar-refractivity contribution is 5.95. The Hall–Kier alpha value is -2.90. The van der Waals surface area contributed by atoms with E-state index in [0.29, 0.717) is 56.5 Å². The molecule has 2 N–H and O–H groups in total. The summed E-state index contributed by atoms with van der Waals surface area (Å²) >= 11 is 0. The molecule has 1 atom stereocenters. The second-order valence-electron chi connectivity index (χ2n) is 12.8. The van der Waals surface area contributed by atoms with E-state index in [9.17, 15) is 14.7 Å². The number of nitrogens with one attached hydrogen (secondary N) is 1. The predicted molar refractivity (Wildman–Crippen MR) is 162 cm³/mol. The molecule has 1 unspecified atom stereocenters. The number of carbonyl (C=O) groups excluding carboxylic acids is 2. The molecular weight excluding hydrogens is 512 g/mol. The molecule has 220 valence electrons. The molecule has 2 amide bonds. The first kappa shape index (κ1) is 28.2. The zero-order valence-corrected chi connectivity index (χ0v) is 24.6. The van der Waals surface area contributed by atoms with Crippen molar-refractivity contribution >= 4 is 17.5 Å². The van der Waals surface area contributed by atoms with Gasteiger partial charge in [-0.25, -0.2) is 5.01 Å². The Morgan fingerprint density at radius 2 is 1.37 bits per heavy atom. The van der Waals surface area contributed by atoms with Crippen molar-refractivity contribution in [3.63, 3.8) is 0 Å². The van der Waals surface area contributed by atoms with Crippen molar-refractivity contribution in [1.82, 2.24) is 14.8 Å². The fraction of sp³-hybridized carbons (Fsp3) is 0.588. The summed E-state index contributed by atoms with van der Waals surface area (Å²) in [5.41, 5.74) is 8.00. The molecule has 2 aromatic rings. The Kier molecular flexibility index (Phi) is 8.36. The lowest BCUT2D eigenvalue weighted by Gasteiger charge is -2.42. The fourth-order valence-corrected chi connectivity index (χ4v) is 7.41. The van der Waals surface area contributed by atoms with Crippen LogP contribution in [0, 0.1) is 5.92 Å². The quantitative estimate of drug-likeness (QED) is 0.481. The second kappa shape index (κ2) is 12.1. The van der Waals surface area contributed by atoms with E-state index in [-0.39, 0.29) is 11.8 Å². The Labute approximate surface area is 244 Å². The third-order valence-corrected chi connectivity index (χ3v) is 10.1. The zero-order chi connectivity index (χ0) is 28.4. The first-order chi connectivity index (χ1) is 19.9. The fourth-order valence-electron chi connectivity index (χ4n) is 7.41. The van der Waals surface area contributed by atoms with Gasteiger partial charge in [0.15, 0.2) is 0 Å². The van der Waals surface area contributed by atoms with E-state index >= 15 is 0 Å². The number of fused-ring (bicyclic) bond motifs is 1. The minimum Gasteiger partial charge on any atom is -0.380 e. The molecule has 6 rings (SSSR count). The van der Waals surface area contributed by atoms with Gasteiger partial charge in [-0.3, -0.25) is 9.59 Å². The highest BCUT2D eigenvalue weighted by atomic mass is 16.3. The van der Waals surface area contributed by atoms with Gasteiger partial charge >= 0.3 is 0 Å². The van der Waals surface area contributed by atoms with E-state index < -0.39 is 5.60 Å². The molecule has 41 heavy (non-hydrogen) atoms. The molecule has 0 bridgehead atoms. The standard InChI is InChI=1S/C34H46N4O3/c1-36-31(26-10-7-5-3-2-4-6-8-11-26)29-17-16-28(24-30(29)35-36)25-12-14-27(15-13-25)32(39)37-20-22-38(23-21-37)33(40)34(41)18-9-19-34/h12-17,24,26,31,35,41H,2-11,18-23H2,1H3. The molecule has 7 heteroatoms. The first-order valence-corrected chi connectivity index (χ1v) is 16.0. The molecule has 4 aliphatic rings. The van der Waals surface area contributed by atoms with Crippen LogP contribution in [0.25, 0.3) is 11.1 Å². The summed E-state index contributed by atoms with van der Waals surface area (Å²) in [6.45, 7) is 1.94. The van der Waals surface area contributed by atoms with Gasteiger partial charge in [-0.1, -0.05) is 69.2 Å². The molecule has 0 radical (unpaired) electrons. The number of piperazine rings is 1. The van der Waals surface area contributed by atoms with Crippen LogP contribution < -0.4 is 5.43 Å². The third-order valence-electron chi connectivity index (χ3n) is 10.1. The molecule has 0 spiro atoms. The van der Waals surface area contributed by atoms with Crippen molar-refractivity contribution in [2.24, 2.45) is 5.92 Å². The van der Waals surface area contributed by atoms with Gasteiger partial charge in [-0.05, 0) is 72.9 Å². The average Bonchev–Trinajstić information content (AvgIpc) is 3.32. The normalized spacial score (nSPS) is 23.8. The Morgan fingerprint density at radius 3 is 1.98 bits per heavy atom. The van der Waals surface area contributed by atoms with Crippen LogP contribution in [-0.2, 0) is 4.79 Å². The number of benzene rings is 2. The van der Waals surface area contributed by atoms with E-state index in [4.69, 9.17) is 0 Å². The molecule has 2 aliphatic carbocycles. The molecule has 2 aromatic carbocycles. The maximum Gasteiger partial charge on any atom is 0.254 e. The van der Waals surface area contributed by atoms with Gasteiger partial charge in [0, 0.05) is 38.8 Å². The lowest BCUT2D eigenvalue weighted by atomic mass is 9.79. The molecule has 1 saturated heterocycles. The minimum atomic E-state index is -1.17. The average molecular weight is 559 g/mol. The number of hydrazine groups is 1. The van der Waals surface area contributed by atoms with Crippen molar-refractivity contribution in [1.29, 1.82) is 0 Å². The van der Waals surface area contributed by atoms with Crippen LogP contribution >= 0.6 is 0 Å². The summed E-state index contributed by atoms with van der Waals surface area (Å²) in [5.74, 6) is 0.514. The van der Waals surface area contributed by atoms with Crippen LogP contribution in [0.15, 0.2) is 42.5 Å². The summed E-state index contributed by atoms with van der Waals surface area (Å²) < 4.78 is 0. The van der Waals surface area contributed by atoms with Crippen LogP contribution in [0.2, 0.25) is 0 Å². The van der Waals surface area contributed by atoms with Crippen molar-refractivity contribution in [2.75, 3.05) is 38.7 Å². The number of anilines is 1. The number of hydrogen-bond donors (Lipinski definition) is 2. The maximum atomic E-state index is 13.2. The van der Waals surface area contributed by atoms with Gasteiger partial charge in [-0.15, -0.1) is 0 Å². The van der Waals surface area contributed by atoms with E-state index in [0.717, 1.165) is 17.5 Å². The summed E-state index contributed by atoms with van der Waals surface area (Å²) in [6.07, 6.45) is 14.2. The summed E-state index contributed by atoms with van der Waals surface area (Å²) in [4.78, 5) is 29.4. The van der Waals surface area contributed by atoms with Gasteiger partial charge in [0.1, 0.15) is 5.60 Å². The van der Waals surface area contributed by atoms with Crippen molar-refractivity contribution in [3.8, 4) is 11.1 Å². The number of carbonyl (C=O) groups is 2. The van der Waals surface area contributed by atoms with Gasteiger partial charge in [0.25, 0.3) is 11.8 Å². The molecule has 2 saturated carbocycles. The van der Waals surface area contributed by atoms with Gasteiger partial charge in [0.2, 0.25) is 0 Å². The molecule has 2 aliphatic heterocycles. The maximum absolute atomic E-state index is 13.2. The number of amides is 2. The van der Waals surface area contributed by atoms with Crippen molar-refractivity contribution < 1.29 is 14.7 Å². The monoisotopic (exact) mass is 558 g/mol. The van der Waals surface area contributed by atoms with Crippen LogP contribution in [0.4, 0.5) is 5.69 Å². The van der Waals surface area contributed by atoms with E-state index in [2.05, 4.69) is 35.7 Å². The minimum absolute atomic E-state index is 0.00297. The highest BCUT2D eigenvalue weighted by Gasteiger charge is 2.45. The van der Waals surface area contributed by atoms with E-state index in [1.54, 1.807) is 4.90 Å². The number of hydrogen-bond acceptors (Lipinski definition) is 5. The number of nitrogens with zero attached hydrogens (tertiary/aromatic N) is 3. The molecular formula is C34H46N4O3.